The molecule has 0 aromatic heterocycles. The van der Waals surface area contributed by atoms with Gasteiger partial charge >= 0.3 is 0 Å². The van der Waals surface area contributed by atoms with Crippen LogP contribution in [0.15, 0.2) is 39.6 Å². The number of nitrogens with zero attached hydrogens (tertiary/aromatic N) is 7. The Morgan fingerprint density at radius 3 is 2.71 bits per heavy atom. The van der Waals surface area contributed by atoms with Crippen LogP contribution in [0.1, 0.15) is 23.7 Å². The van der Waals surface area contributed by atoms with Crippen molar-refractivity contribution < 1.29 is 14.0 Å². The first-order chi connectivity index (χ1) is 11.7. The van der Waals surface area contributed by atoms with Crippen molar-refractivity contribution in [3.63, 3.8) is 0 Å². The molecule has 0 aliphatic carbocycles. The lowest BCUT2D eigenvalue weighted by Gasteiger charge is -2.20. The molecular formula is C14H16FN7O2. The van der Waals surface area contributed by atoms with Crippen molar-refractivity contribution in [2.45, 2.75) is 24.7 Å². The number of azide groups is 2. The van der Waals surface area contributed by atoms with Gasteiger partial charge in [0.1, 0.15) is 12.8 Å². The van der Waals surface area contributed by atoms with Gasteiger partial charge in [-0.2, -0.15) is 0 Å². The number of ether oxygens (including phenoxy) is 1. The third-order valence-corrected chi connectivity index (χ3v) is 3.62. The van der Waals surface area contributed by atoms with E-state index in [9.17, 15) is 4.39 Å². The first-order valence-electron chi connectivity index (χ1n) is 7.20. The minimum Gasteiger partial charge on any atom is -0.392 e. The Hall–Kier alpha value is -2.80. The minimum absolute atomic E-state index is 0.220. The van der Waals surface area contributed by atoms with Gasteiger partial charge in [0.2, 0.25) is 0 Å². The Balaban J connectivity index is 2.10. The number of alkyl halides is 1. The first kappa shape index (κ1) is 17.6. The topological polar surface area (TPSA) is 128 Å². The van der Waals surface area contributed by atoms with Gasteiger partial charge in [0.15, 0.2) is 0 Å². The number of rotatable bonds is 8. The molecule has 126 valence electrons. The van der Waals surface area contributed by atoms with Gasteiger partial charge in [-0.05, 0) is 22.2 Å². The van der Waals surface area contributed by atoms with E-state index in [2.05, 4.69) is 25.2 Å². The highest BCUT2D eigenvalue weighted by Gasteiger charge is 2.24. The van der Waals surface area contributed by atoms with Crippen LogP contribution in [0.25, 0.3) is 20.9 Å². The van der Waals surface area contributed by atoms with Crippen molar-refractivity contribution in [2.75, 3.05) is 20.3 Å². The zero-order valence-electron chi connectivity index (χ0n) is 13.0. The van der Waals surface area contributed by atoms with Crippen molar-refractivity contribution >= 4 is 5.71 Å². The van der Waals surface area contributed by atoms with Gasteiger partial charge in [0.25, 0.3) is 0 Å². The highest BCUT2D eigenvalue weighted by Crippen LogP contribution is 2.25. The van der Waals surface area contributed by atoms with Crippen LogP contribution in [-0.4, -0.2) is 38.2 Å². The molecule has 0 radical (unpaired) electrons. The maximum Gasteiger partial charge on any atom is 0.138 e. The van der Waals surface area contributed by atoms with E-state index in [1.165, 1.54) is 7.11 Å². The molecule has 2 rings (SSSR count). The quantitative estimate of drug-likeness (QED) is 0.407. The molecule has 0 unspecified atom stereocenters. The standard InChI is InChI=1S/C14H16FN7O2/c1-23-14(13(7-15)19-22-17)10-4-2-9(3-5-10)12-6-11(24-20-12)8-18-21-16/h2-5,11,13-14H,6-8H2,1H3/t11-,13-,14-/m1/s1. The highest BCUT2D eigenvalue weighted by atomic mass is 19.1. The summed E-state index contributed by atoms with van der Waals surface area (Å²) < 4.78 is 18.3. The fraction of sp³-hybridized carbons (Fsp3) is 0.500. The number of hydrogen-bond donors (Lipinski definition) is 0. The monoisotopic (exact) mass is 333 g/mol. The Labute approximate surface area is 137 Å². The van der Waals surface area contributed by atoms with Gasteiger partial charge in [-0.15, -0.1) is 0 Å². The SMILES string of the molecule is CO[C@H](c1ccc(C2=NO[C@@H](CN=[N+]=[N-])C2)cc1)[C@@H](CF)N=[N+]=[N-]. The Morgan fingerprint density at radius 2 is 2.12 bits per heavy atom. The molecule has 10 heteroatoms. The summed E-state index contributed by atoms with van der Waals surface area (Å²) in [6.07, 6.45) is -0.389. The lowest BCUT2D eigenvalue weighted by molar-refractivity contribution is 0.0722. The van der Waals surface area contributed by atoms with E-state index < -0.39 is 18.8 Å². The van der Waals surface area contributed by atoms with Crippen molar-refractivity contribution in [3.8, 4) is 0 Å². The van der Waals surface area contributed by atoms with Gasteiger partial charge in [-0.1, -0.05) is 39.6 Å². The largest absolute Gasteiger partial charge is 0.392 e. The lowest BCUT2D eigenvalue weighted by atomic mass is 9.99. The zero-order valence-corrected chi connectivity index (χ0v) is 13.0. The second-order valence-corrected chi connectivity index (χ2v) is 5.09. The molecule has 1 aromatic rings. The molecule has 0 bridgehead atoms. The van der Waals surface area contributed by atoms with Crippen molar-refractivity contribution in [3.05, 3.63) is 56.3 Å². The van der Waals surface area contributed by atoms with Gasteiger partial charge < -0.3 is 9.57 Å². The Bertz CT molecular complexity index is 681. The predicted octanol–water partition coefficient (Wildman–Crippen LogP) is 3.83. The Morgan fingerprint density at radius 1 is 1.38 bits per heavy atom. The van der Waals surface area contributed by atoms with Crippen molar-refractivity contribution in [2.24, 2.45) is 15.4 Å². The molecule has 3 atom stereocenters. The first-order valence-corrected chi connectivity index (χ1v) is 7.20. The van der Waals surface area contributed by atoms with E-state index >= 15 is 0 Å². The molecule has 1 aliphatic heterocycles. The van der Waals surface area contributed by atoms with Crippen molar-refractivity contribution in [1.82, 2.24) is 0 Å². The zero-order chi connectivity index (χ0) is 17.4. The highest BCUT2D eigenvalue weighted by molar-refractivity contribution is 6.01. The van der Waals surface area contributed by atoms with Crippen LogP contribution in [0.4, 0.5) is 4.39 Å². The normalized spacial score (nSPS) is 18.6. The summed E-state index contributed by atoms with van der Waals surface area (Å²) in [5.41, 5.74) is 19.1. The number of methoxy groups -OCH3 is 1. The summed E-state index contributed by atoms with van der Waals surface area (Å²) in [5, 5.41) is 10.9. The van der Waals surface area contributed by atoms with E-state index in [0.717, 1.165) is 11.3 Å². The van der Waals surface area contributed by atoms with E-state index in [4.69, 9.17) is 20.6 Å². The molecule has 0 saturated carbocycles. The molecule has 0 spiro atoms. The lowest BCUT2D eigenvalue weighted by Crippen LogP contribution is -2.20. The number of hydrogen-bond acceptors (Lipinski definition) is 5. The minimum atomic E-state index is -0.925. The van der Waals surface area contributed by atoms with Crippen LogP contribution < -0.4 is 0 Å². The molecule has 0 saturated heterocycles. The summed E-state index contributed by atoms with van der Waals surface area (Å²) in [6.45, 7) is -0.594. The summed E-state index contributed by atoms with van der Waals surface area (Å²) in [6, 6.07) is 6.23. The smallest absolute Gasteiger partial charge is 0.138 e. The van der Waals surface area contributed by atoms with Gasteiger partial charge in [-0.3, -0.25) is 4.39 Å². The molecule has 24 heavy (non-hydrogen) atoms. The summed E-state index contributed by atoms with van der Waals surface area (Å²) >= 11 is 0. The second kappa shape index (κ2) is 8.73. The average molecular weight is 333 g/mol. The van der Waals surface area contributed by atoms with Crippen LogP contribution in [0.5, 0.6) is 0 Å². The third-order valence-electron chi connectivity index (χ3n) is 3.62. The molecule has 1 heterocycles. The maximum absolute atomic E-state index is 13.0. The predicted molar refractivity (Wildman–Crippen MR) is 85.1 cm³/mol. The third kappa shape index (κ3) is 4.14. The van der Waals surface area contributed by atoms with Crippen LogP contribution in [0.3, 0.4) is 0 Å². The van der Waals surface area contributed by atoms with E-state index in [1.54, 1.807) is 12.1 Å². The van der Waals surface area contributed by atoms with Gasteiger partial charge in [0.05, 0.1) is 24.4 Å². The molecule has 0 fully saturated rings. The number of benzene rings is 1. The van der Waals surface area contributed by atoms with Crippen LogP contribution in [-0.2, 0) is 9.57 Å². The van der Waals surface area contributed by atoms with Gasteiger partial charge in [-0.25, -0.2) is 0 Å². The second-order valence-electron chi connectivity index (χ2n) is 5.09. The molecule has 0 amide bonds. The summed E-state index contributed by atoms with van der Waals surface area (Å²) in [7, 11) is 1.43. The fourth-order valence-corrected chi connectivity index (χ4v) is 2.44. The fourth-order valence-electron chi connectivity index (χ4n) is 2.44. The summed E-state index contributed by atoms with van der Waals surface area (Å²) in [4.78, 5) is 10.5. The van der Waals surface area contributed by atoms with Crippen LogP contribution in [0.2, 0.25) is 0 Å². The van der Waals surface area contributed by atoms with E-state index in [0.29, 0.717) is 12.0 Å². The summed E-state index contributed by atoms with van der Waals surface area (Å²) in [5.74, 6) is 0. The van der Waals surface area contributed by atoms with Crippen molar-refractivity contribution in [1.29, 1.82) is 0 Å². The molecule has 1 aliphatic rings. The molecule has 1 aromatic carbocycles. The Kier molecular flexibility index (Phi) is 6.39. The molecule has 0 N–H and O–H groups in total. The van der Waals surface area contributed by atoms with E-state index in [1.807, 2.05) is 12.1 Å². The number of oxime groups is 1. The average Bonchev–Trinajstić information content (AvgIpc) is 3.09. The molecular weight excluding hydrogens is 317 g/mol. The van der Waals surface area contributed by atoms with Gasteiger partial charge in [0, 0.05) is 23.4 Å². The molecule has 9 nitrogen and oxygen atoms in total. The van der Waals surface area contributed by atoms with Crippen LogP contribution in [0, 0.1) is 0 Å². The van der Waals surface area contributed by atoms with Crippen LogP contribution >= 0.6 is 0 Å². The maximum atomic E-state index is 13.0. The van der Waals surface area contributed by atoms with E-state index in [-0.39, 0.29) is 12.6 Å². The number of halogens is 1.